The third-order valence-electron chi connectivity index (χ3n) is 3.86. The van der Waals surface area contributed by atoms with Crippen molar-refractivity contribution >= 4 is 36.0 Å². The van der Waals surface area contributed by atoms with Crippen molar-refractivity contribution < 1.29 is 14.3 Å². The molecule has 0 radical (unpaired) electrons. The molecule has 1 saturated heterocycles. The highest BCUT2D eigenvalue weighted by Crippen LogP contribution is 2.20. The van der Waals surface area contributed by atoms with Gasteiger partial charge < -0.3 is 25.0 Å². The van der Waals surface area contributed by atoms with Crippen LogP contribution >= 0.6 is 24.0 Å². The van der Waals surface area contributed by atoms with Crippen LogP contribution in [-0.2, 0) is 9.47 Å². The Morgan fingerprint density at radius 2 is 2.04 bits per heavy atom. The van der Waals surface area contributed by atoms with Crippen LogP contribution in [0.3, 0.4) is 0 Å². The number of carbonyl (C=O) groups excluding carboxylic acids is 1. The van der Waals surface area contributed by atoms with E-state index in [-0.39, 0.29) is 42.2 Å². The third-order valence-corrected chi connectivity index (χ3v) is 3.86. The van der Waals surface area contributed by atoms with Crippen LogP contribution in [0.15, 0.2) is 4.99 Å². The first-order valence-corrected chi connectivity index (χ1v) is 9.30. The largest absolute Gasteiger partial charge is 0.444 e. The first-order valence-electron chi connectivity index (χ1n) is 9.30. The van der Waals surface area contributed by atoms with Gasteiger partial charge in [0.1, 0.15) is 5.60 Å². The Morgan fingerprint density at radius 3 is 2.62 bits per heavy atom. The number of hydrogen-bond donors (Lipinski definition) is 2. The molecule has 1 aliphatic heterocycles. The van der Waals surface area contributed by atoms with Gasteiger partial charge in [-0.25, -0.2) is 4.79 Å². The number of guanidine groups is 1. The second-order valence-electron chi connectivity index (χ2n) is 7.54. The third kappa shape index (κ3) is 9.80. The first kappa shape index (κ1) is 25.2. The van der Waals surface area contributed by atoms with E-state index in [2.05, 4.69) is 15.6 Å². The molecule has 1 fully saturated rings. The maximum Gasteiger partial charge on any atom is 0.410 e. The molecule has 0 aliphatic carbocycles. The molecule has 2 atom stereocenters. The normalized spacial score (nSPS) is 19.4. The summed E-state index contributed by atoms with van der Waals surface area (Å²) in [6.45, 7) is 12.5. The second-order valence-corrected chi connectivity index (χ2v) is 7.54. The standard InChI is InChI=1S/C18H36N4O3.HI/c1-7-19-16(21-14(2)13-24-6)20-12-15-10-8-9-11-22(15)17(23)25-18(3,4)5;/h14-15H,7-13H2,1-6H3,(H2,19,20,21);1H. The Balaban J connectivity index is 0.00000625. The quantitative estimate of drug-likeness (QED) is 0.345. The highest BCUT2D eigenvalue weighted by Gasteiger charge is 2.30. The van der Waals surface area contributed by atoms with Gasteiger partial charge in [0.2, 0.25) is 0 Å². The lowest BCUT2D eigenvalue weighted by Crippen LogP contribution is -2.49. The van der Waals surface area contributed by atoms with Crippen LogP contribution in [0.2, 0.25) is 0 Å². The van der Waals surface area contributed by atoms with Crippen LogP contribution in [0.5, 0.6) is 0 Å². The predicted molar refractivity (Wildman–Crippen MR) is 116 cm³/mol. The maximum absolute atomic E-state index is 12.5. The van der Waals surface area contributed by atoms with Crippen LogP contribution in [0, 0.1) is 0 Å². The molecule has 2 N–H and O–H groups in total. The number of halogens is 1. The Hall–Kier alpha value is -0.770. The highest BCUT2D eigenvalue weighted by atomic mass is 127. The van der Waals surface area contributed by atoms with Crippen LogP contribution in [0.25, 0.3) is 0 Å². The highest BCUT2D eigenvalue weighted by molar-refractivity contribution is 14.0. The molecular weight excluding hydrogens is 447 g/mol. The monoisotopic (exact) mass is 484 g/mol. The first-order chi connectivity index (χ1) is 11.8. The molecule has 0 aromatic heterocycles. The summed E-state index contributed by atoms with van der Waals surface area (Å²) in [5.74, 6) is 0.752. The number of amides is 1. The molecule has 0 saturated carbocycles. The van der Waals surface area contributed by atoms with E-state index in [1.807, 2.05) is 39.5 Å². The zero-order valence-corrected chi connectivity index (χ0v) is 19.5. The van der Waals surface area contributed by atoms with E-state index in [1.54, 1.807) is 7.11 Å². The van der Waals surface area contributed by atoms with Gasteiger partial charge >= 0.3 is 6.09 Å². The summed E-state index contributed by atoms with van der Waals surface area (Å²) in [5, 5.41) is 6.56. The molecule has 26 heavy (non-hydrogen) atoms. The molecular formula is C18H37IN4O3. The van der Waals surface area contributed by atoms with Gasteiger partial charge in [-0.15, -0.1) is 24.0 Å². The minimum atomic E-state index is -0.478. The van der Waals surface area contributed by atoms with Crippen molar-refractivity contribution in [1.82, 2.24) is 15.5 Å². The Morgan fingerprint density at radius 1 is 1.35 bits per heavy atom. The van der Waals surface area contributed by atoms with E-state index in [0.717, 1.165) is 38.3 Å². The lowest BCUT2D eigenvalue weighted by Gasteiger charge is -2.36. The van der Waals surface area contributed by atoms with Crippen LogP contribution < -0.4 is 10.6 Å². The number of piperidine rings is 1. The molecule has 1 heterocycles. The number of aliphatic imine (C=N–C) groups is 1. The van der Waals surface area contributed by atoms with Gasteiger partial charge in [0.05, 0.1) is 19.2 Å². The van der Waals surface area contributed by atoms with Gasteiger partial charge in [-0.2, -0.15) is 0 Å². The molecule has 1 rings (SSSR count). The van der Waals surface area contributed by atoms with Crippen molar-refractivity contribution in [3.63, 3.8) is 0 Å². The predicted octanol–water partition coefficient (Wildman–Crippen LogP) is 2.98. The van der Waals surface area contributed by atoms with Gasteiger partial charge in [0, 0.05) is 26.2 Å². The van der Waals surface area contributed by atoms with E-state index >= 15 is 0 Å². The SMILES string of the molecule is CCNC(=NCC1CCCCN1C(=O)OC(C)(C)C)NC(C)COC.I. The second kappa shape index (κ2) is 12.6. The molecule has 8 heteroatoms. The average molecular weight is 484 g/mol. The minimum absolute atomic E-state index is 0. The van der Waals surface area contributed by atoms with E-state index < -0.39 is 5.60 Å². The summed E-state index contributed by atoms with van der Waals surface area (Å²) in [5.41, 5.74) is -0.478. The lowest BCUT2D eigenvalue weighted by atomic mass is 10.0. The smallest absolute Gasteiger partial charge is 0.410 e. The Kier molecular flexibility index (Phi) is 12.2. The minimum Gasteiger partial charge on any atom is -0.444 e. The van der Waals surface area contributed by atoms with E-state index in [1.165, 1.54) is 0 Å². The van der Waals surface area contributed by atoms with Crippen molar-refractivity contribution in [2.45, 2.75) is 71.6 Å². The summed E-state index contributed by atoms with van der Waals surface area (Å²) in [7, 11) is 1.68. The van der Waals surface area contributed by atoms with Crippen LogP contribution in [-0.4, -0.2) is 68.0 Å². The maximum atomic E-state index is 12.5. The van der Waals surface area contributed by atoms with Crippen molar-refractivity contribution in [2.24, 2.45) is 4.99 Å². The topological polar surface area (TPSA) is 75.2 Å². The number of carbonyl (C=O) groups is 1. The molecule has 2 unspecified atom stereocenters. The molecule has 0 spiro atoms. The van der Waals surface area contributed by atoms with Gasteiger partial charge in [0.25, 0.3) is 0 Å². The fraction of sp³-hybridized carbons (Fsp3) is 0.889. The molecule has 154 valence electrons. The number of nitrogens with zero attached hydrogens (tertiary/aromatic N) is 2. The van der Waals surface area contributed by atoms with E-state index in [9.17, 15) is 4.79 Å². The Labute approximate surface area is 175 Å². The van der Waals surface area contributed by atoms with Gasteiger partial charge in [-0.05, 0) is 53.9 Å². The van der Waals surface area contributed by atoms with Crippen molar-refractivity contribution in [3.8, 4) is 0 Å². The summed E-state index contributed by atoms with van der Waals surface area (Å²) in [4.78, 5) is 19.0. The number of rotatable bonds is 6. The number of methoxy groups -OCH3 is 1. The summed E-state index contributed by atoms with van der Waals surface area (Å²) in [6, 6.07) is 0.243. The summed E-state index contributed by atoms with van der Waals surface area (Å²) < 4.78 is 10.7. The molecule has 0 aromatic carbocycles. The fourth-order valence-electron chi connectivity index (χ4n) is 2.79. The molecule has 7 nitrogen and oxygen atoms in total. The van der Waals surface area contributed by atoms with Crippen LogP contribution in [0.1, 0.15) is 53.9 Å². The zero-order chi connectivity index (χ0) is 18.9. The van der Waals surface area contributed by atoms with Crippen LogP contribution in [0.4, 0.5) is 4.79 Å². The van der Waals surface area contributed by atoms with Crippen molar-refractivity contribution in [3.05, 3.63) is 0 Å². The zero-order valence-electron chi connectivity index (χ0n) is 17.1. The molecule has 0 aromatic rings. The molecule has 1 aliphatic rings. The summed E-state index contributed by atoms with van der Waals surface area (Å²) in [6.07, 6.45) is 2.85. The number of hydrogen-bond acceptors (Lipinski definition) is 4. The molecule has 1 amide bonds. The Bertz CT molecular complexity index is 441. The number of likely N-dealkylation sites (tertiary alicyclic amines) is 1. The summed E-state index contributed by atoms with van der Waals surface area (Å²) >= 11 is 0. The van der Waals surface area contributed by atoms with E-state index in [4.69, 9.17) is 9.47 Å². The number of nitrogens with one attached hydrogen (secondary N) is 2. The average Bonchev–Trinajstić information content (AvgIpc) is 2.51. The van der Waals surface area contributed by atoms with Gasteiger partial charge in [-0.3, -0.25) is 4.99 Å². The van der Waals surface area contributed by atoms with Crippen molar-refractivity contribution in [1.29, 1.82) is 0 Å². The number of ether oxygens (including phenoxy) is 2. The van der Waals surface area contributed by atoms with Crippen molar-refractivity contribution in [2.75, 3.05) is 33.4 Å². The van der Waals surface area contributed by atoms with E-state index in [0.29, 0.717) is 13.2 Å². The fourth-order valence-corrected chi connectivity index (χ4v) is 2.79. The van der Waals surface area contributed by atoms with Gasteiger partial charge in [0.15, 0.2) is 5.96 Å². The van der Waals surface area contributed by atoms with Gasteiger partial charge in [-0.1, -0.05) is 0 Å². The molecule has 0 bridgehead atoms. The lowest BCUT2D eigenvalue weighted by molar-refractivity contribution is 0.0109.